The van der Waals surface area contributed by atoms with Crippen molar-refractivity contribution in [3.8, 4) is 17.2 Å². The number of ether oxygens (including phenoxy) is 3. The first-order valence-electron chi connectivity index (χ1n) is 8.76. The quantitative estimate of drug-likeness (QED) is 0.233. The number of Topliss-reactive ketones (excluding diaryl/α,β-unsaturated/α-hetero) is 1. The molecular weight excluding hydrogens is 426 g/mol. The predicted molar refractivity (Wildman–Crippen MR) is 112 cm³/mol. The van der Waals surface area contributed by atoms with E-state index in [1.165, 1.54) is 6.07 Å². The fraction of sp³-hybridized carbons (Fsp3) is 0.0476. The van der Waals surface area contributed by atoms with Gasteiger partial charge in [0, 0.05) is 6.20 Å². The van der Waals surface area contributed by atoms with Crippen LogP contribution in [0.3, 0.4) is 0 Å². The number of esters is 1. The number of hydrogen-bond donors (Lipinski definition) is 0. The van der Waals surface area contributed by atoms with E-state index >= 15 is 0 Å². The average Bonchev–Trinajstić information content (AvgIpc) is 3.30. The van der Waals surface area contributed by atoms with Crippen LogP contribution < -0.4 is 14.2 Å². The third-order valence-corrected chi connectivity index (χ3v) is 5.91. The number of para-hydroxylation sites is 1. The molecule has 2 aromatic carbocycles. The Balaban J connectivity index is 1.45. The molecule has 2 aromatic rings. The molecule has 0 aromatic heterocycles. The summed E-state index contributed by atoms with van der Waals surface area (Å²) in [5, 5.41) is 0. The van der Waals surface area contributed by atoms with E-state index < -0.39 is 17.7 Å². The third-order valence-electron chi connectivity index (χ3n) is 4.58. The molecule has 3 heterocycles. The standard InChI is InChI=1S/C21H11NO6S2/c23-18-12-3-1-2-4-14(12)28-20(25)13(18)9-22-19(24)17(30-21(22)29)8-11-5-6-15-16(7-11)27-10-26-15/h1-9H,10H2/b13-9+,17-8-. The molecule has 1 saturated heterocycles. The van der Waals surface area contributed by atoms with Crippen LogP contribution in [0.4, 0.5) is 0 Å². The fourth-order valence-electron chi connectivity index (χ4n) is 3.12. The van der Waals surface area contributed by atoms with Crippen LogP contribution in [-0.4, -0.2) is 33.7 Å². The molecule has 3 aliphatic heterocycles. The molecule has 0 aliphatic carbocycles. The summed E-state index contributed by atoms with van der Waals surface area (Å²) in [4.78, 5) is 39.4. The van der Waals surface area contributed by atoms with Crippen LogP contribution in [0.2, 0.25) is 0 Å². The number of benzene rings is 2. The van der Waals surface area contributed by atoms with Crippen molar-refractivity contribution < 1.29 is 28.6 Å². The Kier molecular flexibility index (Phi) is 4.41. The SMILES string of the molecule is O=C1Oc2ccccc2C(=O)/C1=C\N1C(=O)/C(=C/c2ccc3c(c2)OCO3)SC1=S. The molecule has 7 nitrogen and oxygen atoms in total. The molecule has 3 aliphatic rings. The summed E-state index contributed by atoms with van der Waals surface area (Å²) in [6, 6.07) is 11.7. The summed E-state index contributed by atoms with van der Waals surface area (Å²) >= 11 is 6.36. The number of carbonyl (C=O) groups is 3. The highest BCUT2D eigenvalue weighted by atomic mass is 32.2. The Bertz CT molecular complexity index is 1220. The summed E-state index contributed by atoms with van der Waals surface area (Å²) in [5.41, 5.74) is 0.730. The van der Waals surface area contributed by atoms with Crippen LogP contribution in [0, 0.1) is 0 Å². The molecule has 0 bridgehead atoms. The van der Waals surface area contributed by atoms with E-state index in [2.05, 4.69) is 0 Å². The number of amides is 1. The summed E-state index contributed by atoms with van der Waals surface area (Å²) < 4.78 is 16.0. The van der Waals surface area contributed by atoms with Crippen molar-refractivity contribution in [3.63, 3.8) is 0 Å². The zero-order chi connectivity index (χ0) is 20.8. The number of fused-ring (bicyclic) bond motifs is 2. The lowest BCUT2D eigenvalue weighted by Crippen LogP contribution is -2.30. The van der Waals surface area contributed by atoms with E-state index in [1.54, 1.807) is 42.5 Å². The largest absolute Gasteiger partial charge is 0.454 e. The molecular formula is C21H11NO6S2. The highest BCUT2D eigenvalue weighted by Gasteiger charge is 2.36. The van der Waals surface area contributed by atoms with E-state index in [9.17, 15) is 14.4 Å². The summed E-state index contributed by atoms with van der Waals surface area (Å²) in [6.45, 7) is 0.154. The van der Waals surface area contributed by atoms with Crippen LogP contribution in [0.25, 0.3) is 6.08 Å². The second kappa shape index (κ2) is 7.12. The van der Waals surface area contributed by atoms with Crippen LogP contribution in [-0.2, 0) is 9.59 Å². The van der Waals surface area contributed by atoms with Gasteiger partial charge in [-0.1, -0.05) is 42.2 Å². The number of thioether (sulfide) groups is 1. The van der Waals surface area contributed by atoms with Crippen molar-refractivity contribution in [1.82, 2.24) is 4.90 Å². The Morgan fingerprint density at radius 2 is 1.80 bits per heavy atom. The summed E-state index contributed by atoms with van der Waals surface area (Å²) in [6.07, 6.45) is 2.81. The predicted octanol–water partition coefficient (Wildman–Crippen LogP) is 3.30. The normalized spacial score (nSPS) is 20.2. The topological polar surface area (TPSA) is 82.1 Å². The lowest BCUT2D eigenvalue weighted by molar-refractivity contribution is -0.130. The molecule has 1 amide bonds. The van der Waals surface area contributed by atoms with Gasteiger partial charge in [0.05, 0.1) is 10.5 Å². The number of thiocarbonyl (C=S) groups is 1. The van der Waals surface area contributed by atoms with Crippen molar-refractivity contribution >= 4 is 52.0 Å². The maximum Gasteiger partial charge on any atom is 0.349 e. The van der Waals surface area contributed by atoms with Crippen LogP contribution in [0.5, 0.6) is 17.2 Å². The lowest BCUT2D eigenvalue weighted by Gasteiger charge is -2.18. The molecule has 9 heteroatoms. The third kappa shape index (κ3) is 3.08. The lowest BCUT2D eigenvalue weighted by atomic mass is 10.0. The maximum absolute atomic E-state index is 12.9. The van der Waals surface area contributed by atoms with E-state index in [1.807, 2.05) is 0 Å². The number of nitrogens with zero attached hydrogens (tertiary/aromatic N) is 1. The minimum absolute atomic E-state index is 0.154. The van der Waals surface area contributed by atoms with Gasteiger partial charge in [-0.2, -0.15) is 0 Å². The monoisotopic (exact) mass is 437 g/mol. The Morgan fingerprint density at radius 1 is 1.00 bits per heavy atom. The molecule has 0 unspecified atom stereocenters. The van der Waals surface area contributed by atoms with E-state index in [-0.39, 0.29) is 28.0 Å². The molecule has 0 radical (unpaired) electrons. The van der Waals surface area contributed by atoms with Gasteiger partial charge in [-0.25, -0.2) is 4.79 Å². The molecule has 5 rings (SSSR count). The molecule has 30 heavy (non-hydrogen) atoms. The van der Waals surface area contributed by atoms with E-state index in [0.717, 1.165) is 28.4 Å². The van der Waals surface area contributed by atoms with Gasteiger partial charge in [-0.05, 0) is 35.9 Å². The second-order valence-electron chi connectivity index (χ2n) is 6.42. The fourth-order valence-corrected chi connectivity index (χ4v) is 4.33. The highest BCUT2D eigenvalue weighted by Crippen LogP contribution is 2.37. The smallest absolute Gasteiger partial charge is 0.349 e. The Hall–Kier alpha value is -3.43. The number of rotatable bonds is 2. The number of ketones is 1. The first-order valence-corrected chi connectivity index (χ1v) is 9.98. The average molecular weight is 437 g/mol. The van der Waals surface area contributed by atoms with E-state index in [4.69, 9.17) is 26.4 Å². The van der Waals surface area contributed by atoms with Gasteiger partial charge in [0.1, 0.15) is 11.3 Å². The maximum atomic E-state index is 12.9. The minimum Gasteiger partial charge on any atom is -0.454 e. The highest BCUT2D eigenvalue weighted by molar-refractivity contribution is 8.26. The minimum atomic E-state index is -0.826. The summed E-state index contributed by atoms with van der Waals surface area (Å²) in [7, 11) is 0. The van der Waals surface area contributed by atoms with Gasteiger partial charge in [-0.3, -0.25) is 14.5 Å². The van der Waals surface area contributed by atoms with Gasteiger partial charge in [0.25, 0.3) is 5.91 Å². The molecule has 0 spiro atoms. The van der Waals surface area contributed by atoms with Crippen LogP contribution in [0.1, 0.15) is 15.9 Å². The summed E-state index contributed by atoms with van der Waals surface area (Å²) in [5.74, 6) is -0.356. The van der Waals surface area contributed by atoms with Crippen LogP contribution >= 0.6 is 24.0 Å². The van der Waals surface area contributed by atoms with Gasteiger partial charge in [-0.15, -0.1) is 0 Å². The molecule has 148 valence electrons. The zero-order valence-electron chi connectivity index (χ0n) is 15.1. The molecule has 0 N–H and O–H groups in total. The van der Waals surface area contributed by atoms with Gasteiger partial charge >= 0.3 is 5.97 Å². The first-order chi connectivity index (χ1) is 14.5. The first kappa shape index (κ1) is 18.6. The van der Waals surface area contributed by atoms with E-state index in [0.29, 0.717) is 16.4 Å². The second-order valence-corrected chi connectivity index (χ2v) is 8.10. The van der Waals surface area contributed by atoms with Crippen molar-refractivity contribution in [2.75, 3.05) is 6.79 Å². The van der Waals surface area contributed by atoms with Crippen molar-refractivity contribution in [2.45, 2.75) is 0 Å². The molecule has 1 fully saturated rings. The number of hydrogen-bond acceptors (Lipinski definition) is 8. The Morgan fingerprint density at radius 3 is 2.67 bits per heavy atom. The van der Waals surface area contributed by atoms with Crippen molar-refractivity contribution in [1.29, 1.82) is 0 Å². The molecule has 0 atom stereocenters. The van der Waals surface area contributed by atoms with Gasteiger partial charge in [0.2, 0.25) is 12.6 Å². The van der Waals surface area contributed by atoms with Gasteiger partial charge in [0.15, 0.2) is 15.8 Å². The molecule has 0 saturated carbocycles. The van der Waals surface area contributed by atoms with Crippen LogP contribution in [0.15, 0.2) is 59.1 Å². The van der Waals surface area contributed by atoms with Crippen molar-refractivity contribution in [3.05, 3.63) is 70.3 Å². The number of carbonyl (C=O) groups excluding carboxylic acids is 3. The zero-order valence-corrected chi connectivity index (χ0v) is 16.7. The van der Waals surface area contributed by atoms with Crippen molar-refractivity contribution in [2.24, 2.45) is 0 Å². The Labute approximate surface area is 179 Å². The van der Waals surface area contributed by atoms with Gasteiger partial charge < -0.3 is 14.2 Å².